The summed E-state index contributed by atoms with van der Waals surface area (Å²) in [7, 11) is 1.66. The number of rotatable bonds is 6. The van der Waals surface area contributed by atoms with Crippen LogP contribution in [-0.2, 0) is 11.2 Å². The number of ether oxygens (including phenoxy) is 2. The summed E-state index contributed by atoms with van der Waals surface area (Å²) in [6.07, 6.45) is 0.846. The molecule has 0 unspecified atom stereocenters. The normalized spacial score (nSPS) is 10.4. The Morgan fingerprint density at radius 1 is 0.842 bits per heavy atom. The van der Waals surface area contributed by atoms with E-state index in [1.54, 1.807) is 19.2 Å². The van der Waals surface area contributed by atoms with E-state index >= 15 is 0 Å². The van der Waals surface area contributed by atoms with Crippen LogP contribution >= 0.6 is 0 Å². The van der Waals surface area contributed by atoms with Gasteiger partial charge in [0.2, 0.25) is 0 Å². The maximum Gasteiger partial charge on any atom is 0.119 e. The zero-order valence-corrected chi connectivity index (χ0v) is 11.0. The number of hydrogen-bond donors (Lipinski definition) is 1. The van der Waals surface area contributed by atoms with E-state index in [0.717, 1.165) is 12.2 Å². The first-order chi connectivity index (χ1) is 9.28. The van der Waals surface area contributed by atoms with E-state index in [2.05, 4.69) is 12.1 Å². The lowest BCUT2D eigenvalue weighted by molar-refractivity contribution is 0.146. The molecule has 1 N–H and O–H groups in total. The minimum absolute atomic E-state index is 0.297. The Bertz CT molecular complexity index is 488. The number of methoxy groups -OCH3 is 1. The summed E-state index contributed by atoms with van der Waals surface area (Å²) in [5.74, 6) is 1.15. The van der Waals surface area contributed by atoms with Gasteiger partial charge in [0.15, 0.2) is 0 Å². The molecule has 100 valence electrons. The molecular weight excluding hydrogens is 240 g/mol. The molecule has 2 rings (SSSR count). The van der Waals surface area contributed by atoms with Crippen LogP contribution in [-0.4, -0.2) is 25.4 Å². The Morgan fingerprint density at radius 3 is 2.00 bits per heavy atom. The summed E-state index contributed by atoms with van der Waals surface area (Å²) >= 11 is 0. The van der Waals surface area contributed by atoms with Crippen molar-refractivity contribution >= 4 is 0 Å². The molecule has 0 spiro atoms. The van der Waals surface area contributed by atoms with Gasteiger partial charge in [-0.05, 0) is 41.8 Å². The molecule has 0 saturated carbocycles. The second kappa shape index (κ2) is 6.81. The molecule has 3 heteroatoms. The fraction of sp³-hybridized carbons (Fsp3) is 0.250. The van der Waals surface area contributed by atoms with E-state index in [1.807, 2.05) is 24.3 Å². The van der Waals surface area contributed by atoms with Crippen molar-refractivity contribution in [2.45, 2.75) is 6.42 Å². The molecule has 2 aromatic carbocycles. The molecule has 0 aromatic heterocycles. The quantitative estimate of drug-likeness (QED) is 0.809. The summed E-state index contributed by atoms with van der Waals surface area (Å²) in [5.41, 5.74) is 2.38. The molecule has 0 aliphatic carbocycles. The fourth-order valence-electron chi connectivity index (χ4n) is 1.80. The molecular formula is C16H18O3. The molecule has 3 nitrogen and oxygen atoms in total. The van der Waals surface area contributed by atoms with E-state index in [0.29, 0.717) is 19.0 Å². The van der Waals surface area contributed by atoms with Crippen LogP contribution in [0.3, 0.4) is 0 Å². The predicted octanol–water partition coefficient (Wildman–Crippen LogP) is 3.01. The Kier molecular flexibility index (Phi) is 4.81. The first-order valence-corrected chi connectivity index (χ1v) is 6.26. The zero-order valence-electron chi connectivity index (χ0n) is 11.0. The third-order valence-corrected chi connectivity index (χ3v) is 2.82. The second-order valence-electron chi connectivity index (χ2n) is 4.33. The lowest BCUT2D eigenvalue weighted by Gasteiger charge is -2.07. The maximum atomic E-state index is 9.24. The number of phenols is 1. The Labute approximate surface area is 113 Å². The molecule has 0 atom stereocenters. The highest BCUT2D eigenvalue weighted by Gasteiger charge is 1.98. The van der Waals surface area contributed by atoms with Crippen LogP contribution in [0.2, 0.25) is 0 Å². The number of benzene rings is 2. The van der Waals surface area contributed by atoms with Crippen LogP contribution in [0, 0.1) is 0 Å². The van der Waals surface area contributed by atoms with Crippen molar-refractivity contribution in [2.24, 2.45) is 0 Å². The summed E-state index contributed by atoms with van der Waals surface area (Å²) in [5, 5.41) is 9.24. The van der Waals surface area contributed by atoms with Crippen molar-refractivity contribution in [3.63, 3.8) is 0 Å². The van der Waals surface area contributed by atoms with Gasteiger partial charge in [-0.15, -0.1) is 0 Å². The van der Waals surface area contributed by atoms with Crippen LogP contribution in [0.1, 0.15) is 11.1 Å². The highest BCUT2D eigenvalue weighted by atomic mass is 16.5. The third-order valence-electron chi connectivity index (χ3n) is 2.82. The van der Waals surface area contributed by atoms with Crippen LogP contribution in [0.5, 0.6) is 11.5 Å². The van der Waals surface area contributed by atoms with Crippen molar-refractivity contribution in [3.8, 4) is 11.5 Å². The Balaban J connectivity index is 1.92. The molecule has 0 bridgehead atoms. The lowest BCUT2D eigenvalue weighted by atomic mass is 10.0. The largest absolute Gasteiger partial charge is 0.508 e. The van der Waals surface area contributed by atoms with E-state index in [1.165, 1.54) is 11.1 Å². The molecule has 0 fully saturated rings. The fourth-order valence-corrected chi connectivity index (χ4v) is 1.80. The van der Waals surface area contributed by atoms with Gasteiger partial charge in [-0.2, -0.15) is 0 Å². The zero-order chi connectivity index (χ0) is 13.5. The van der Waals surface area contributed by atoms with Gasteiger partial charge in [0, 0.05) is 7.11 Å². The van der Waals surface area contributed by atoms with Gasteiger partial charge in [-0.1, -0.05) is 24.3 Å². The maximum absolute atomic E-state index is 9.24. The number of aromatic hydroxyl groups is 1. The second-order valence-corrected chi connectivity index (χ2v) is 4.33. The first kappa shape index (κ1) is 13.4. The highest BCUT2D eigenvalue weighted by Crippen LogP contribution is 2.17. The van der Waals surface area contributed by atoms with Crippen LogP contribution in [0.15, 0.2) is 48.5 Å². The van der Waals surface area contributed by atoms with Gasteiger partial charge < -0.3 is 14.6 Å². The SMILES string of the molecule is COCCOc1ccc(Cc2ccc(O)cc2)cc1. The van der Waals surface area contributed by atoms with Gasteiger partial charge >= 0.3 is 0 Å². The standard InChI is InChI=1S/C16H18O3/c1-18-10-11-19-16-8-4-14(5-9-16)12-13-2-6-15(17)7-3-13/h2-9,17H,10-12H2,1H3. The van der Waals surface area contributed by atoms with Gasteiger partial charge in [-0.25, -0.2) is 0 Å². The van der Waals surface area contributed by atoms with Crippen molar-refractivity contribution in [1.82, 2.24) is 0 Å². The van der Waals surface area contributed by atoms with E-state index in [9.17, 15) is 5.11 Å². The Hall–Kier alpha value is -2.00. The van der Waals surface area contributed by atoms with Crippen molar-refractivity contribution < 1.29 is 14.6 Å². The summed E-state index contributed by atoms with van der Waals surface area (Å²) in [6.45, 7) is 1.16. The van der Waals surface area contributed by atoms with Crippen molar-refractivity contribution in [2.75, 3.05) is 20.3 Å². The average molecular weight is 258 g/mol. The first-order valence-electron chi connectivity index (χ1n) is 6.26. The van der Waals surface area contributed by atoms with Crippen LogP contribution in [0.4, 0.5) is 0 Å². The minimum Gasteiger partial charge on any atom is -0.508 e. The molecule has 0 aliphatic rings. The Morgan fingerprint density at radius 2 is 1.42 bits per heavy atom. The van der Waals surface area contributed by atoms with Gasteiger partial charge in [0.25, 0.3) is 0 Å². The van der Waals surface area contributed by atoms with E-state index in [4.69, 9.17) is 9.47 Å². The van der Waals surface area contributed by atoms with E-state index in [-0.39, 0.29) is 0 Å². The molecule has 19 heavy (non-hydrogen) atoms. The van der Waals surface area contributed by atoms with Crippen molar-refractivity contribution in [1.29, 1.82) is 0 Å². The van der Waals surface area contributed by atoms with E-state index < -0.39 is 0 Å². The smallest absolute Gasteiger partial charge is 0.119 e. The van der Waals surface area contributed by atoms with Gasteiger partial charge in [0.1, 0.15) is 18.1 Å². The number of hydrogen-bond acceptors (Lipinski definition) is 3. The monoisotopic (exact) mass is 258 g/mol. The summed E-state index contributed by atoms with van der Waals surface area (Å²) < 4.78 is 10.4. The molecule has 0 heterocycles. The minimum atomic E-state index is 0.297. The predicted molar refractivity (Wildman–Crippen MR) is 74.7 cm³/mol. The van der Waals surface area contributed by atoms with Gasteiger partial charge in [0.05, 0.1) is 6.61 Å². The third kappa shape index (κ3) is 4.30. The highest BCUT2D eigenvalue weighted by molar-refractivity contribution is 5.33. The lowest BCUT2D eigenvalue weighted by Crippen LogP contribution is -2.04. The number of phenolic OH excluding ortho intramolecular Hbond substituents is 1. The molecule has 0 amide bonds. The molecule has 0 saturated heterocycles. The molecule has 0 radical (unpaired) electrons. The molecule has 0 aliphatic heterocycles. The molecule has 2 aromatic rings. The van der Waals surface area contributed by atoms with Crippen LogP contribution in [0.25, 0.3) is 0 Å². The topological polar surface area (TPSA) is 38.7 Å². The van der Waals surface area contributed by atoms with Crippen LogP contribution < -0.4 is 4.74 Å². The van der Waals surface area contributed by atoms with Gasteiger partial charge in [-0.3, -0.25) is 0 Å². The average Bonchev–Trinajstić information content (AvgIpc) is 2.44. The summed E-state index contributed by atoms with van der Waals surface area (Å²) in [4.78, 5) is 0. The van der Waals surface area contributed by atoms with Crippen molar-refractivity contribution in [3.05, 3.63) is 59.7 Å². The summed E-state index contributed by atoms with van der Waals surface area (Å²) in [6, 6.07) is 15.3.